The Labute approximate surface area is 110 Å². The number of rotatable bonds is 3. The van der Waals surface area contributed by atoms with Gasteiger partial charge in [0.25, 0.3) is 0 Å². The average Bonchev–Trinajstić information content (AvgIpc) is 3.05. The Hall–Kier alpha value is -1.22. The van der Waals surface area contributed by atoms with E-state index in [1.54, 1.807) is 0 Å². The van der Waals surface area contributed by atoms with Gasteiger partial charge in [-0.1, -0.05) is 0 Å². The molecule has 1 heterocycles. The highest BCUT2D eigenvalue weighted by molar-refractivity contribution is 5.60. The highest BCUT2D eigenvalue weighted by atomic mass is 15.2. The fraction of sp³-hybridized carbons (Fsp3) is 0.600. The van der Waals surface area contributed by atoms with Crippen LogP contribution in [-0.4, -0.2) is 38.1 Å². The molecule has 2 fully saturated rings. The quantitative estimate of drug-likeness (QED) is 0.829. The molecule has 1 aliphatic carbocycles. The lowest BCUT2D eigenvalue weighted by molar-refractivity contribution is 0.315. The molecule has 1 saturated carbocycles. The van der Waals surface area contributed by atoms with Gasteiger partial charge in [-0.15, -0.1) is 0 Å². The summed E-state index contributed by atoms with van der Waals surface area (Å²) in [5, 5.41) is 0. The minimum absolute atomic E-state index is 0.677. The second-order valence-corrected chi connectivity index (χ2v) is 5.98. The lowest BCUT2D eigenvalue weighted by Crippen LogP contribution is -2.31. The molecule has 0 aromatic heterocycles. The first-order valence-corrected chi connectivity index (χ1v) is 6.95. The molecule has 0 bridgehead atoms. The van der Waals surface area contributed by atoms with Crippen LogP contribution in [0.1, 0.15) is 30.7 Å². The summed E-state index contributed by atoms with van der Waals surface area (Å²) in [7, 11) is 4.34. The summed E-state index contributed by atoms with van der Waals surface area (Å²) in [5.41, 5.74) is 9.73. The number of benzene rings is 1. The van der Waals surface area contributed by atoms with Gasteiger partial charge in [0, 0.05) is 30.5 Å². The second kappa shape index (κ2) is 4.47. The zero-order valence-electron chi connectivity index (χ0n) is 11.4. The fourth-order valence-electron chi connectivity index (χ4n) is 2.89. The van der Waals surface area contributed by atoms with Gasteiger partial charge < -0.3 is 15.5 Å². The Balaban J connectivity index is 1.79. The minimum Gasteiger partial charge on any atom is -0.399 e. The summed E-state index contributed by atoms with van der Waals surface area (Å²) in [5.74, 6) is 0.777. The lowest BCUT2D eigenvalue weighted by atomic mass is 10.1. The van der Waals surface area contributed by atoms with Crippen LogP contribution in [0.4, 0.5) is 11.4 Å². The van der Waals surface area contributed by atoms with Gasteiger partial charge in [0.05, 0.1) is 0 Å². The van der Waals surface area contributed by atoms with Crippen LogP contribution in [0.5, 0.6) is 0 Å². The van der Waals surface area contributed by atoms with Crippen LogP contribution in [-0.2, 0) is 0 Å². The number of hydrogen-bond acceptors (Lipinski definition) is 3. The fourth-order valence-corrected chi connectivity index (χ4v) is 2.89. The van der Waals surface area contributed by atoms with E-state index in [9.17, 15) is 0 Å². The van der Waals surface area contributed by atoms with Gasteiger partial charge in [-0.25, -0.2) is 0 Å². The number of hydrogen-bond donors (Lipinski definition) is 1. The van der Waals surface area contributed by atoms with E-state index in [-0.39, 0.29) is 0 Å². The third-order valence-electron chi connectivity index (χ3n) is 4.27. The molecular formula is C15H23N3. The third-order valence-corrected chi connectivity index (χ3v) is 4.27. The Kier molecular flexibility index (Phi) is 2.94. The van der Waals surface area contributed by atoms with Crippen molar-refractivity contribution < 1.29 is 0 Å². The summed E-state index contributed by atoms with van der Waals surface area (Å²) in [6, 6.07) is 7.31. The molecule has 0 spiro atoms. The van der Waals surface area contributed by atoms with Crippen LogP contribution in [0.2, 0.25) is 0 Å². The van der Waals surface area contributed by atoms with Crippen molar-refractivity contribution in [3.05, 3.63) is 23.8 Å². The Morgan fingerprint density at radius 1 is 1.17 bits per heavy atom. The van der Waals surface area contributed by atoms with E-state index >= 15 is 0 Å². The van der Waals surface area contributed by atoms with Crippen LogP contribution in [0.15, 0.2) is 18.2 Å². The predicted molar refractivity (Wildman–Crippen MR) is 77.1 cm³/mol. The molecule has 1 aromatic carbocycles. The van der Waals surface area contributed by atoms with Crippen LogP contribution < -0.4 is 10.6 Å². The van der Waals surface area contributed by atoms with Crippen molar-refractivity contribution in [1.29, 1.82) is 0 Å². The molecular weight excluding hydrogens is 222 g/mol. The standard InChI is InChI=1S/C15H23N3/c1-17(2)14-5-6-18(10-14)15-8-12(11-3-4-11)7-13(16)9-15/h7-9,11,14H,3-6,10,16H2,1-2H3. The molecule has 3 rings (SSSR count). The zero-order chi connectivity index (χ0) is 12.7. The van der Waals surface area contributed by atoms with Crippen LogP contribution >= 0.6 is 0 Å². The summed E-state index contributed by atoms with van der Waals surface area (Å²) in [6.45, 7) is 2.27. The van der Waals surface area contributed by atoms with Crippen LogP contribution in [0.3, 0.4) is 0 Å². The monoisotopic (exact) mass is 245 g/mol. The largest absolute Gasteiger partial charge is 0.399 e. The van der Waals surface area contributed by atoms with Crippen molar-refractivity contribution in [2.75, 3.05) is 37.8 Å². The molecule has 3 heteroatoms. The van der Waals surface area contributed by atoms with Crippen LogP contribution in [0.25, 0.3) is 0 Å². The van der Waals surface area contributed by atoms with Gasteiger partial charge in [-0.05, 0) is 63.0 Å². The highest BCUT2D eigenvalue weighted by Crippen LogP contribution is 2.42. The molecule has 1 unspecified atom stereocenters. The van der Waals surface area contributed by atoms with Crippen molar-refractivity contribution >= 4 is 11.4 Å². The second-order valence-electron chi connectivity index (χ2n) is 5.98. The zero-order valence-corrected chi connectivity index (χ0v) is 11.4. The molecule has 2 N–H and O–H groups in total. The van der Waals surface area contributed by atoms with Crippen molar-refractivity contribution in [3.8, 4) is 0 Å². The van der Waals surface area contributed by atoms with E-state index in [2.05, 4.69) is 42.1 Å². The van der Waals surface area contributed by atoms with Crippen LogP contribution in [0, 0.1) is 0 Å². The van der Waals surface area contributed by atoms with Crippen molar-refractivity contribution in [2.24, 2.45) is 0 Å². The van der Waals surface area contributed by atoms with E-state index < -0.39 is 0 Å². The molecule has 18 heavy (non-hydrogen) atoms. The SMILES string of the molecule is CN(C)C1CCN(c2cc(N)cc(C3CC3)c2)C1. The van der Waals surface area contributed by atoms with Gasteiger partial charge in [-0.3, -0.25) is 0 Å². The van der Waals surface area contributed by atoms with Gasteiger partial charge in [0.15, 0.2) is 0 Å². The average molecular weight is 245 g/mol. The van der Waals surface area contributed by atoms with Crippen molar-refractivity contribution in [1.82, 2.24) is 4.90 Å². The van der Waals surface area contributed by atoms with Gasteiger partial charge in [-0.2, -0.15) is 0 Å². The molecule has 98 valence electrons. The highest BCUT2D eigenvalue weighted by Gasteiger charge is 2.27. The predicted octanol–water partition coefficient (Wildman–Crippen LogP) is 2.29. The van der Waals surface area contributed by atoms with Crippen molar-refractivity contribution in [2.45, 2.75) is 31.2 Å². The minimum atomic E-state index is 0.677. The van der Waals surface area contributed by atoms with E-state index in [0.717, 1.165) is 24.7 Å². The van der Waals surface area contributed by atoms with E-state index in [1.807, 2.05) is 0 Å². The topological polar surface area (TPSA) is 32.5 Å². The number of nitrogen functional groups attached to an aromatic ring is 1. The van der Waals surface area contributed by atoms with E-state index in [1.165, 1.54) is 30.5 Å². The van der Waals surface area contributed by atoms with Gasteiger partial charge in [0.2, 0.25) is 0 Å². The normalized spacial score (nSPS) is 23.9. The maximum Gasteiger partial charge on any atom is 0.0390 e. The number of nitrogens with zero attached hydrogens (tertiary/aromatic N) is 2. The Bertz CT molecular complexity index is 437. The molecule has 0 amide bonds. The first-order valence-electron chi connectivity index (χ1n) is 6.95. The van der Waals surface area contributed by atoms with E-state index in [4.69, 9.17) is 5.73 Å². The van der Waals surface area contributed by atoms with Gasteiger partial charge in [0.1, 0.15) is 0 Å². The number of anilines is 2. The van der Waals surface area contributed by atoms with E-state index in [0.29, 0.717) is 6.04 Å². The molecule has 0 radical (unpaired) electrons. The smallest absolute Gasteiger partial charge is 0.0390 e. The lowest BCUT2D eigenvalue weighted by Gasteiger charge is -2.22. The first kappa shape index (κ1) is 11.8. The Morgan fingerprint density at radius 3 is 2.56 bits per heavy atom. The third kappa shape index (κ3) is 2.32. The summed E-state index contributed by atoms with van der Waals surface area (Å²) in [6.07, 6.45) is 3.92. The maximum atomic E-state index is 6.05. The Morgan fingerprint density at radius 2 is 1.94 bits per heavy atom. The molecule has 3 nitrogen and oxygen atoms in total. The summed E-state index contributed by atoms with van der Waals surface area (Å²) < 4.78 is 0. The molecule has 1 saturated heterocycles. The first-order chi connectivity index (χ1) is 8.63. The number of likely N-dealkylation sites (N-methyl/N-ethyl adjacent to an activating group) is 1. The summed E-state index contributed by atoms with van der Waals surface area (Å²) in [4.78, 5) is 4.81. The number of nitrogens with two attached hydrogens (primary N) is 1. The van der Waals surface area contributed by atoms with Crippen molar-refractivity contribution in [3.63, 3.8) is 0 Å². The molecule has 1 atom stereocenters. The molecule has 1 aliphatic heterocycles. The van der Waals surface area contributed by atoms with Gasteiger partial charge >= 0.3 is 0 Å². The maximum absolute atomic E-state index is 6.05. The molecule has 2 aliphatic rings. The summed E-state index contributed by atoms with van der Waals surface area (Å²) >= 11 is 0. The molecule has 1 aromatic rings.